The quantitative estimate of drug-likeness (QED) is 0.0647. The van der Waals surface area contributed by atoms with Gasteiger partial charge in [-0.1, -0.05) is 6.07 Å². The lowest BCUT2D eigenvalue weighted by atomic mass is 10.0. The maximum atomic E-state index is 13.1. The number of ether oxygens (including phenoxy) is 9. The van der Waals surface area contributed by atoms with E-state index in [1.165, 1.54) is 7.11 Å². The summed E-state index contributed by atoms with van der Waals surface area (Å²) in [7, 11) is 1.28. The number of carbonyl (C=O) groups excluding carboxylic acids is 1. The van der Waals surface area contributed by atoms with Crippen molar-refractivity contribution in [3.63, 3.8) is 0 Å². The number of carbonyl (C=O) groups is 4. The van der Waals surface area contributed by atoms with Crippen molar-refractivity contribution in [2.45, 2.75) is 26.3 Å². The Labute approximate surface area is 353 Å². The Kier molecular flexibility index (Phi) is 28.8. The van der Waals surface area contributed by atoms with Crippen LogP contribution in [0.4, 0.5) is 0 Å². The Morgan fingerprint density at radius 3 is 1.42 bits per heavy atom. The minimum Gasteiger partial charge on any atom is -0.491 e. The molecule has 20 heteroatoms. The van der Waals surface area contributed by atoms with E-state index in [4.69, 9.17) is 42.6 Å². The van der Waals surface area contributed by atoms with Crippen molar-refractivity contribution in [2.24, 2.45) is 0 Å². The van der Waals surface area contributed by atoms with Crippen molar-refractivity contribution in [2.75, 3.05) is 172 Å². The average molecular weight is 861 g/mol. The molecule has 1 aliphatic heterocycles. The summed E-state index contributed by atoms with van der Waals surface area (Å²) < 4.78 is 49.8. The summed E-state index contributed by atoms with van der Waals surface area (Å²) in [6.45, 7) is 10.8. The lowest BCUT2D eigenvalue weighted by Gasteiger charge is -2.35. The van der Waals surface area contributed by atoms with E-state index in [0.29, 0.717) is 96.3 Å². The number of hydrogen-bond donors (Lipinski definition) is 3. The van der Waals surface area contributed by atoms with Crippen LogP contribution >= 0.6 is 0 Å². The molecule has 0 aliphatic carbocycles. The summed E-state index contributed by atoms with van der Waals surface area (Å²) in [6.07, 6.45) is 0.0220. The predicted molar refractivity (Wildman–Crippen MR) is 217 cm³/mol. The number of hydrogen-bond acceptors (Lipinski definition) is 17. The second-order valence-corrected chi connectivity index (χ2v) is 13.6. The molecule has 60 heavy (non-hydrogen) atoms. The molecule has 2 rings (SSSR count). The van der Waals surface area contributed by atoms with Crippen molar-refractivity contribution in [3.8, 4) is 11.5 Å². The Hall–Kier alpha value is -3.70. The van der Waals surface area contributed by atoms with Crippen LogP contribution in [0.15, 0.2) is 18.2 Å². The molecule has 0 saturated carbocycles. The fourth-order valence-electron chi connectivity index (χ4n) is 6.07. The van der Waals surface area contributed by atoms with Gasteiger partial charge in [-0.15, -0.1) is 0 Å². The summed E-state index contributed by atoms with van der Waals surface area (Å²) in [4.78, 5) is 55.8. The normalized spacial score (nSPS) is 15.8. The molecule has 0 spiro atoms. The minimum absolute atomic E-state index is 0.0220. The third kappa shape index (κ3) is 24.5. The second kappa shape index (κ2) is 33.0. The smallest absolute Gasteiger partial charge is 0.321 e. The van der Waals surface area contributed by atoms with Gasteiger partial charge in [0.25, 0.3) is 0 Å². The van der Waals surface area contributed by atoms with Crippen LogP contribution < -0.4 is 9.47 Å². The molecule has 0 bridgehead atoms. The van der Waals surface area contributed by atoms with Gasteiger partial charge in [-0.05, 0) is 25.5 Å². The fraction of sp³-hybridized carbons (Fsp3) is 0.750. The van der Waals surface area contributed by atoms with Gasteiger partial charge in [-0.2, -0.15) is 0 Å². The topological polar surface area (TPSA) is 225 Å². The molecule has 344 valence electrons. The third-order valence-electron chi connectivity index (χ3n) is 9.23. The lowest BCUT2D eigenvalue weighted by molar-refractivity contribution is -0.145. The molecule has 1 unspecified atom stereocenters. The number of rotatable bonds is 32. The molecule has 0 aromatic heterocycles. The molecule has 0 amide bonds. The summed E-state index contributed by atoms with van der Waals surface area (Å²) in [6, 6.07) is 4.12. The molecule has 1 aromatic carbocycles. The zero-order valence-corrected chi connectivity index (χ0v) is 35.6. The molecule has 0 radical (unpaired) electrons. The molecule has 1 atom stereocenters. The second-order valence-electron chi connectivity index (χ2n) is 13.6. The first kappa shape index (κ1) is 52.4. The van der Waals surface area contributed by atoms with E-state index < -0.39 is 29.9 Å². The largest absolute Gasteiger partial charge is 0.491 e. The average Bonchev–Trinajstić information content (AvgIpc) is 3.21. The van der Waals surface area contributed by atoms with Gasteiger partial charge in [0.15, 0.2) is 0 Å². The van der Waals surface area contributed by atoms with Crippen molar-refractivity contribution in [3.05, 3.63) is 23.8 Å². The lowest BCUT2D eigenvalue weighted by Crippen LogP contribution is -2.52. The van der Waals surface area contributed by atoms with Crippen molar-refractivity contribution in [1.29, 1.82) is 0 Å². The molecular formula is C40H68N4O16. The van der Waals surface area contributed by atoms with E-state index in [0.717, 1.165) is 0 Å². The van der Waals surface area contributed by atoms with Crippen LogP contribution in [-0.4, -0.2) is 236 Å². The van der Waals surface area contributed by atoms with Crippen molar-refractivity contribution >= 4 is 23.9 Å². The summed E-state index contributed by atoms with van der Waals surface area (Å²) in [5.41, 5.74) is 0.596. The Balaban J connectivity index is 2.25. The van der Waals surface area contributed by atoms with Crippen LogP contribution in [0.3, 0.4) is 0 Å². The van der Waals surface area contributed by atoms with Crippen LogP contribution in [0.25, 0.3) is 0 Å². The van der Waals surface area contributed by atoms with Crippen LogP contribution in [0.2, 0.25) is 0 Å². The van der Waals surface area contributed by atoms with Crippen LogP contribution in [0.5, 0.6) is 11.5 Å². The van der Waals surface area contributed by atoms with Crippen molar-refractivity contribution in [1.82, 2.24) is 19.6 Å². The monoisotopic (exact) mass is 860 g/mol. The molecule has 1 aromatic rings. The van der Waals surface area contributed by atoms with Gasteiger partial charge in [0, 0.05) is 78.1 Å². The van der Waals surface area contributed by atoms with Crippen molar-refractivity contribution < 1.29 is 77.1 Å². The van der Waals surface area contributed by atoms with E-state index in [2.05, 4.69) is 0 Å². The van der Waals surface area contributed by atoms with E-state index >= 15 is 0 Å². The number of nitrogens with zero attached hydrogens (tertiary/aromatic N) is 4. The third-order valence-corrected chi connectivity index (χ3v) is 9.23. The van der Waals surface area contributed by atoms with Gasteiger partial charge in [-0.25, -0.2) is 0 Å². The van der Waals surface area contributed by atoms with Gasteiger partial charge < -0.3 is 58.0 Å². The highest BCUT2D eigenvalue weighted by Gasteiger charge is 2.29. The Morgan fingerprint density at radius 1 is 0.567 bits per heavy atom. The fourth-order valence-corrected chi connectivity index (χ4v) is 6.07. The number of methoxy groups -OCH3 is 1. The van der Waals surface area contributed by atoms with E-state index in [1.807, 2.05) is 13.8 Å². The highest BCUT2D eigenvalue weighted by atomic mass is 16.6. The number of carboxylic acid groups (broad SMARTS) is 3. The van der Waals surface area contributed by atoms with Gasteiger partial charge in [-0.3, -0.25) is 38.8 Å². The number of aliphatic carboxylic acids is 3. The summed E-state index contributed by atoms with van der Waals surface area (Å²) in [5, 5.41) is 29.8. The van der Waals surface area contributed by atoms with Gasteiger partial charge in [0.05, 0.1) is 92.8 Å². The molecule has 1 fully saturated rings. The van der Waals surface area contributed by atoms with E-state index in [1.54, 1.807) is 37.8 Å². The molecule has 1 heterocycles. The summed E-state index contributed by atoms with van der Waals surface area (Å²) >= 11 is 0. The van der Waals surface area contributed by atoms with E-state index in [9.17, 15) is 34.5 Å². The first-order valence-electron chi connectivity index (χ1n) is 20.5. The number of esters is 1. The predicted octanol–water partition coefficient (Wildman–Crippen LogP) is 0.143. The SMILES string of the molecule is CCOCCOCCOCCOc1ccc(CC(C(=O)O)N2CCN(CC(=O)O)CCN(CC(=O)O)CCN(CC(=O)OC)CC2)c(OCCOCCOCCOCC)c1. The van der Waals surface area contributed by atoms with Crippen LogP contribution in [-0.2, 0) is 58.8 Å². The zero-order chi connectivity index (χ0) is 43.8. The maximum absolute atomic E-state index is 13.1. The molecule has 3 N–H and O–H groups in total. The van der Waals surface area contributed by atoms with Crippen LogP contribution in [0, 0.1) is 0 Å². The maximum Gasteiger partial charge on any atom is 0.321 e. The first-order valence-corrected chi connectivity index (χ1v) is 20.5. The van der Waals surface area contributed by atoms with Gasteiger partial charge >= 0.3 is 23.9 Å². The standard InChI is InChI=1S/C40H68N4O16/c1-4-53-16-18-55-20-22-57-24-26-59-34-7-6-33(36(29-34)60-27-25-58-23-21-56-19-17-54-5-2)28-35(40(50)51)44-14-12-42(31-38(47)48)9-8-41(30-37(45)46)10-11-43(13-15-44)32-39(49)52-3/h6-7,29,35H,4-5,8-28,30-32H2,1-3H3,(H,45,46)(H,47,48)(H,50,51). The zero-order valence-electron chi connectivity index (χ0n) is 35.6. The van der Waals surface area contributed by atoms with Crippen LogP contribution in [0.1, 0.15) is 19.4 Å². The van der Waals surface area contributed by atoms with Gasteiger partial charge in [0.1, 0.15) is 30.8 Å². The molecular weight excluding hydrogens is 792 g/mol. The summed E-state index contributed by atoms with van der Waals surface area (Å²) in [5.74, 6) is -2.78. The number of carboxylic acids is 3. The Bertz CT molecular complexity index is 1340. The Morgan fingerprint density at radius 2 is 0.983 bits per heavy atom. The highest BCUT2D eigenvalue weighted by Crippen LogP contribution is 2.27. The molecule has 20 nitrogen and oxygen atoms in total. The molecule has 1 saturated heterocycles. The van der Waals surface area contributed by atoms with E-state index in [-0.39, 0.29) is 91.7 Å². The number of benzene rings is 1. The highest BCUT2D eigenvalue weighted by molar-refractivity contribution is 5.74. The minimum atomic E-state index is -1.10. The van der Waals surface area contributed by atoms with Gasteiger partial charge in [0.2, 0.25) is 0 Å². The molecule has 1 aliphatic rings. The first-order chi connectivity index (χ1) is 29.1.